The molecule has 0 aliphatic rings. The Morgan fingerprint density at radius 1 is 1.12 bits per heavy atom. The minimum atomic E-state index is -0.277. The zero-order valence-corrected chi connectivity index (χ0v) is 13.5. The Kier molecular flexibility index (Phi) is 4.96. The molecule has 1 amide bonds. The third kappa shape index (κ3) is 3.84. The largest absolute Gasteiger partial charge is 0.321 e. The fourth-order valence-electron chi connectivity index (χ4n) is 2.31. The number of nitrogens with zero attached hydrogens (tertiary/aromatic N) is 4. The van der Waals surface area contributed by atoms with E-state index in [1.54, 1.807) is 35.4 Å². The molecule has 6 heteroatoms. The van der Waals surface area contributed by atoms with Gasteiger partial charge in [-0.2, -0.15) is 0 Å². The molecule has 122 valence electrons. The summed E-state index contributed by atoms with van der Waals surface area (Å²) in [5.74, 6) is 0.338. The fraction of sp³-hybridized carbons (Fsp3) is 0.222. The lowest BCUT2D eigenvalue weighted by Gasteiger charge is -2.06. The molecule has 1 N–H and O–H groups in total. The van der Waals surface area contributed by atoms with Crippen LogP contribution in [0.15, 0.2) is 55.1 Å². The SMILES string of the molecule is CCCCc1ccc(NC(=O)c2ccc(-n3ccnc3)nn2)cc1. The van der Waals surface area contributed by atoms with Gasteiger partial charge in [0, 0.05) is 18.1 Å². The molecule has 0 saturated heterocycles. The monoisotopic (exact) mass is 321 g/mol. The number of unbranched alkanes of at least 4 members (excludes halogenated alkanes) is 1. The molecule has 0 fully saturated rings. The van der Waals surface area contributed by atoms with Gasteiger partial charge in [0.25, 0.3) is 5.91 Å². The third-order valence-electron chi connectivity index (χ3n) is 3.68. The highest BCUT2D eigenvalue weighted by Crippen LogP contribution is 2.13. The number of hydrogen-bond acceptors (Lipinski definition) is 4. The Morgan fingerprint density at radius 3 is 2.58 bits per heavy atom. The van der Waals surface area contributed by atoms with Crippen LogP contribution in [0.4, 0.5) is 5.69 Å². The summed E-state index contributed by atoms with van der Waals surface area (Å²) in [6.45, 7) is 2.17. The predicted octanol–water partition coefficient (Wildman–Crippen LogP) is 3.26. The van der Waals surface area contributed by atoms with Gasteiger partial charge >= 0.3 is 0 Å². The molecule has 6 nitrogen and oxygen atoms in total. The molecule has 0 radical (unpaired) electrons. The normalized spacial score (nSPS) is 10.5. The maximum atomic E-state index is 12.2. The van der Waals surface area contributed by atoms with E-state index >= 15 is 0 Å². The Bertz CT molecular complexity index is 779. The standard InChI is InChI=1S/C18H19N5O/c1-2-3-4-14-5-7-15(8-6-14)20-18(24)16-9-10-17(22-21-16)23-12-11-19-13-23/h5-13H,2-4H2,1H3,(H,20,24). The van der Waals surface area contributed by atoms with Gasteiger partial charge in [0.1, 0.15) is 6.33 Å². The van der Waals surface area contributed by atoms with Gasteiger partial charge in [-0.1, -0.05) is 25.5 Å². The highest BCUT2D eigenvalue weighted by atomic mass is 16.1. The summed E-state index contributed by atoms with van der Waals surface area (Å²) in [6, 6.07) is 11.3. The number of carbonyl (C=O) groups excluding carboxylic acids is 1. The first-order valence-electron chi connectivity index (χ1n) is 7.98. The van der Waals surface area contributed by atoms with Crippen molar-refractivity contribution in [3.05, 3.63) is 66.4 Å². The molecule has 0 atom stereocenters. The summed E-state index contributed by atoms with van der Waals surface area (Å²) in [4.78, 5) is 16.2. The second kappa shape index (κ2) is 7.50. The zero-order chi connectivity index (χ0) is 16.8. The van der Waals surface area contributed by atoms with Gasteiger partial charge < -0.3 is 5.32 Å². The molecule has 2 heterocycles. The number of benzene rings is 1. The number of rotatable bonds is 6. The Balaban J connectivity index is 1.64. The quantitative estimate of drug-likeness (QED) is 0.756. The summed E-state index contributed by atoms with van der Waals surface area (Å²) in [6.07, 6.45) is 8.46. The van der Waals surface area contributed by atoms with Crippen LogP contribution in [0.3, 0.4) is 0 Å². The molecule has 0 aliphatic carbocycles. The summed E-state index contributed by atoms with van der Waals surface area (Å²) in [5.41, 5.74) is 2.30. The average Bonchev–Trinajstić information content (AvgIpc) is 3.16. The number of carbonyl (C=O) groups is 1. The summed E-state index contributed by atoms with van der Waals surface area (Å²) in [5, 5.41) is 10.9. The molecular weight excluding hydrogens is 302 g/mol. The van der Waals surface area contributed by atoms with E-state index in [0.717, 1.165) is 12.1 Å². The van der Waals surface area contributed by atoms with Gasteiger partial charge in [0.2, 0.25) is 0 Å². The Labute approximate surface area is 140 Å². The van der Waals surface area contributed by atoms with E-state index in [-0.39, 0.29) is 11.6 Å². The molecule has 3 rings (SSSR count). The summed E-state index contributed by atoms with van der Waals surface area (Å²) >= 11 is 0. The van der Waals surface area contributed by atoms with Crippen LogP contribution in [0.2, 0.25) is 0 Å². The van der Waals surface area contributed by atoms with Crippen LogP contribution in [-0.2, 0) is 6.42 Å². The number of hydrogen-bond donors (Lipinski definition) is 1. The van der Waals surface area contributed by atoms with Crippen molar-refractivity contribution >= 4 is 11.6 Å². The maximum absolute atomic E-state index is 12.2. The summed E-state index contributed by atoms with van der Waals surface area (Å²) in [7, 11) is 0. The van der Waals surface area contributed by atoms with Gasteiger partial charge in [0.15, 0.2) is 11.5 Å². The van der Waals surface area contributed by atoms with Crippen molar-refractivity contribution in [3.63, 3.8) is 0 Å². The van der Waals surface area contributed by atoms with Gasteiger partial charge in [-0.05, 0) is 42.7 Å². The van der Waals surface area contributed by atoms with Crippen LogP contribution < -0.4 is 5.32 Å². The second-order valence-corrected chi connectivity index (χ2v) is 5.50. The van der Waals surface area contributed by atoms with Crippen molar-refractivity contribution in [1.82, 2.24) is 19.7 Å². The van der Waals surface area contributed by atoms with Crippen molar-refractivity contribution in [2.75, 3.05) is 5.32 Å². The topological polar surface area (TPSA) is 72.7 Å². The first kappa shape index (κ1) is 15.9. The van der Waals surface area contributed by atoms with E-state index in [4.69, 9.17) is 0 Å². The molecule has 0 aliphatic heterocycles. The molecule has 2 aromatic heterocycles. The average molecular weight is 321 g/mol. The van der Waals surface area contributed by atoms with Crippen LogP contribution in [0.25, 0.3) is 5.82 Å². The molecule has 24 heavy (non-hydrogen) atoms. The molecule has 3 aromatic rings. The van der Waals surface area contributed by atoms with Gasteiger partial charge in [-0.15, -0.1) is 10.2 Å². The van der Waals surface area contributed by atoms with E-state index in [0.29, 0.717) is 5.82 Å². The highest BCUT2D eigenvalue weighted by molar-refractivity contribution is 6.02. The van der Waals surface area contributed by atoms with Gasteiger partial charge in [-0.25, -0.2) is 4.98 Å². The van der Waals surface area contributed by atoms with E-state index < -0.39 is 0 Å². The van der Waals surface area contributed by atoms with Crippen LogP contribution in [0, 0.1) is 0 Å². The maximum Gasteiger partial charge on any atom is 0.276 e. The molecule has 0 bridgehead atoms. The number of aryl methyl sites for hydroxylation is 1. The molecular formula is C18H19N5O. The zero-order valence-electron chi connectivity index (χ0n) is 13.5. The number of imidazole rings is 1. The van der Waals surface area contributed by atoms with Crippen molar-refractivity contribution in [1.29, 1.82) is 0 Å². The van der Waals surface area contributed by atoms with Crippen molar-refractivity contribution in [2.24, 2.45) is 0 Å². The summed E-state index contributed by atoms with van der Waals surface area (Å²) < 4.78 is 1.73. The second-order valence-electron chi connectivity index (χ2n) is 5.50. The van der Waals surface area contributed by atoms with Gasteiger partial charge in [-0.3, -0.25) is 9.36 Å². The van der Waals surface area contributed by atoms with Crippen LogP contribution in [0.5, 0.6) is 0 Å². The lowest BCUT2D eigenvalue weighted by Crippen LogP contribution is -2.14. The minimum absolute atomic E-state index is 0.272. The van der Waals surface area contributed by atoms with E-state index in [1.807, 2.05) is 24.3 Å². The highest BCUT2D eigenvalue weighted by Gasteiger charge is 2.09. The molecule has 1 aromatic carbocycles. The third-order valence-corrected chi connectivity index (χ3v) is 3.68. The van der Waals surface area contributed by atoms with Crippen molar-refractivity contribution < 1.29 is 4.79 Å². The molecule has 0 spiro atoms. The minimum Gasteiger partial charge on any atom is -0.321 e. The molecule has 0 saturated carbocycles. The van der Waals surface area contributed by atoms with Crippen LogP contribution >= 0.6 is 0 Å². The number of anilines is 1. The van der Waals surface area contributed by atoms with Crippen molar-refractivity contribution in [3.8, 4) is 5.82 Å². The first-order chi connectivity index (χ1) is 11.8. The lowest BCUT2D eigenvalue weighted by molar-refractivity contribution is 0.102. The smallest absolute Gasteiger partial charge is 0.276 e. The predicted molar refractivity (Wildman–Crippen MR) is 92.2 cm³/mol. The van der Waals surface area contributed by atoms with Gasteiger partial charge in [0.05, 0.1) is 0 Å². The number of aromatic nitrogens is 4. The Morgan fingerprint density at radius 2 is 1.96 bits per heavy atom. The van der Waals surface area contributed by atoms with Crippen molar-refractivity contribution in [2.45, 2.75) is 26.2 Å². The van der Waals surface area contributed by atoms with E-state index in [2.05, 4.69) is 27.4 Å². The molecule has 0 unspecified atom stereocenters. The Hall–Kier alpha value is -3.02. The number of nitrogens with one attached hydrogen (secondary N) is 1. The van der Waals surface area contributed by atoms with Crippen LogP contribution in [-0.4, -0.2) is 25.7 Å². The number of amides is 1. The first-order valence-corrected chi connectivity index (χ1v) is 7.98. The van der Waals surface area contributed by atoms with Crippen LogP contribution in [0.1, 0.15) is 35.8 Å². The fourth-order valence-corrected chi connectivity index (χ4v) is 2.31. The lowest BCUT2D eigenvalue weighted by atomic mass is 10.1. The van der Waals surface area contributed by atoms with E-state index in [1.165, 1.54) is 18.4 Å². The van der Waals surface area contributed by atoms with E-state index in [9.17, 15) is 4.79 Å².